The maximum absolute atomic E-state index is 11.9. The van der Waals surface area contributed by atoms with E-state index in [1.165, 1.54) is 0 Å². The Balaban J connectivity index is 0. The van der Waals surface area contributed by atoms with Crippen LogP contribution in [-0.4, -0.2) is 65.3 Å². The zero-order valence-corrected chi connectivity index (χ0v) is 21.1. The van der Waals surface area contributed by atoms with E-state index in [1.54, 1.807) is 0 Å². The molecular formula is C23H42Cl2N2O3. The van der Waals surface area contributed by atoms with E-state index < -0.39 is 11.6 Å². The first kappa shape index (κ1) is 31.3. The van der Waals surface area contributed by atoms with Gasteiger partial charge in [0.2, 0.25) is 0 Å². The third-order valence-electron chi connectivity index (χ3n) is 5.84. The molecule has 0 aliphatic carbocycles. The molecule has 1 fully saturated rings. The van der Waals surface area contributed by atoms with Crippen LogP contribution in [0.5, 0.6) is 0 Å². The second kappa shape index (κ2) is 14.3. The smallest absolute Gasteiger partial charge is 0.300 e. The summed E-state index contributed by atoms with van der Waals surface area (Å²) < 4.78 is 0. The van der Waals surface area contributed by atoms with Crippen molar-refractivity contribution in [1.29, 1.82) is 0 Å². The first-order valence-electron chi connectivity index (χ1n) is 10.5. The average molecular weight is 466 g/mol. The van der Waals surface area contributed by atoms with Crippen molar-refractivity contribution in [1.82, 2.24) is 9.80 Å². The van der Waals surface area contributed by atoms with Crippen molar-refractivity contribution in [3.05, 3.63) is 35.9 Å². The Morgan fingerprint density at radius 1 is 1.17 bits per heavy atom. The van der Waals surface area contributed by atoms with E-state index in [9.17, 15) is 5.11 Å². The molecule has 5 nitrogen and oxygen atoms in total. The van der Waals surface area contributed by atoms with Crippen molar-refractivity contribution in [2.24, 2.45) is 5.41 Å². The number of halogens is 2. The highest BCUT2D eigenvalue weighted by Crippen LogP contribution is 2.48. The highest BCUT2D eigenvalue weighted by atomic mass is 35.5. The number of carboxylic acids is 1. The summed E-state index contributed by atoms with van der Waals surface area (Å²) in [5.74, 6) is -0.833. The zero-order valence-electron chi connectivity index (χ0n) is 19.4. The Morgan fingerprint density at radius 2 is 1.63 bits per heavy atom. The first-order chi connectivity index (χ1) is 13.1. The largest absolute Gasteiger partial charge is 0.481 e. The first-order valence-corrected chi connectivity index (χ1v) is 10.5. The van der Waals surface area contributed by atoms with Crippen molar-refractivity contribution in [3.63, 3.8) is 0 Å². The number of carboxylic acid groups (broad SMARTS) is 1. The van der Waals surface area contributed by atoms with E-state index in [0.717, 1.165) is 57.9 Å². The number of likely N-dealkylation sites (tertiary alicyclic amines) is 1. The molecule has 2 rings (SSSR count). The van der Waals surface area contributed by atoms with Crippen molar-refractivity contribution < 1.29 is 15.0 Å². The average Bonchev–Trinajstić information content (AvgIpc) is 2.61. The fourth-order valence-corrected chi connectivity index (χ4v) is 4.42. The van der Waals surface area contributed by atoms with Crippen LogP contribution in [0, 0.1) is 5.41 Å². The SMILES string of the molecule is CC(=O)O.CCCN(CCC)CC1(C)CN(C)C(C)CC1(O)c1ccccc1.Cl.Cl. The third kappa shape index (κ3) is 8.35. The molecule has 1 heterocycles. The summed E-state index contributed by atoms with van der Waals surface area (Å²) in [4.78, 5) is 13.9. The molecule has 1 aromatic rings. The van der Waals surface area contributed by atoms with Gasteiger partial charge in [-0.05, 0) is 51.9 Å². The van der Waals surface area contributed by atoms with Crippen LogP contribution < -0.4 is 0 Å². The summed E-state index contributed by atoms with van der Waals surface area (Å²) in [6.45, 7) is 14.1. The minimum Gasteiger partial charge on any atom is -0.481 e. The van der Waals surface area contributed by atoms with Crippen LogP contribution >= 0.6 is 24.8 Å². The van der Waals surface area contributed by atoms with Gasteiger partial charge in [-0.25, -0.2) is 0 Å². The second-order valence-corrected chi connectivity index (χ2v) is 8.55. The highest BCUT2D eigenvalue weighted by Gasteiger charge is 2.53. The van der Waals surface area contributed by atoms with Gasteiger partial charge in [0.25, 0.3) is 5.97 Å². The number of aliphatic carboxylic acids is 1. The van der Waals surface area contributed by atoms with E-state index >= 15 is 0 Å². The molecule has 0 spiro atoms. The van der Waals surface area contributed by atoms with Crippen molar-refractivity contribution in [3.8, 4) is 0 Å². The number of hydrogen-bond donors (Lipinski definition) is 2. The predicted molar refractivity (Wildman–Crippen MR) is 130 cm³/mol. The standard InChI is InChI=1S/C21H36N2O.C2H4O2.2ClH/c1-6-13-23(14-7-2)17-20(4)16-22(5)18(3)15-21(20,24)19-11-9-8-10-12-19;1-2(3)4;;/h8-12,18,24H,6-7,13-17H2,1-5H3;1H3,(H,3,4);2*1H. The molecule has 0 saturated carbocycles. The fourth-order valence-electron chi connectivity index (χ4n) is 4.42. The molecule has 0 aromatic heterocycles. The Morgan fingerprint density at radius 3 is 2.07 bits per heavy atom. The third-order valence-corrected chi connectivity index (χ3v) is 5.84. The van der Waals surface area contributed by atoms with Crippen molar-refractivity contribution in [2.75, 3.05) is 33.2 Å². The van der Waals surface area contributed by atoms with Gasteiger partial charge in [-0.1, -0.05) is 51.1 Å². The van der Waals surface area contributed by atoms with E-state index in [4.69, 9.17) is 9.90 Å². The number of hydrogen-bond acceptors (Lipinski definition) is 4. The van der Waals surface area contributed by atoms with Gasteiger partial charge in [0.1, 0.15) is 0 Å². The topological polar surface area (TPSA) is 64.0 Å². The van der Waals surface area contributed by atoms with Gasteiger partial charge in [0.15, 0.2) is 0 Å². The molecule has 2 N–H and O–H groups in total. The van der Waals surface area contributed by atoms with Crippen LogP contribution in [-0.2, 0) is 10.4 Å². The molecular weight excluding hydrogens is 423 g/mol. The summed E-state index contributed by atoms with van der Waals surface area (Å²) in [6, 6.07) is 10.7. The van der Waals surface area contributed by atoms with Crippen LogP contribution in [0.25, 0.3) is 0 Å². The summed E-state index contributed by atoms with van der Waals surface area (Å²) >= 11 is 0. The molecule has 3 atom stereocenters. The lowest BCUT2D eigenvalue weighted by Gasteiger charge is -2.55. The number of benzene rings is 1. The molecule has 7 heteroatoms. The Bertz CT molecular complexity index is 595. The number of nitrogens with zero attached hydrogens (tertiary/aromatic N) is 2. The van der Waals surface area contributed by atoms with Gasteiger partial charge in [0.05, 0.1) is 5.60 Å². The van der Waals surface area contributed by atoms with Crippen LogP contribution in [0.4, 0.5) is 0 Å². The lowest BCUT2D eigenvalue weighted by atomic mass is 9.63. The molecule has 1 saturated heterocycles. The molecule has 0 radical (unpaired) electrons. The molecule has 1 aliphatic heterocycles. The second-order valence-electron chi connectivity index (χ2n) is 8.55. The van der Waals surface area contributed by atoms with E-state index in [-0.39, 0.29) is 30.2 Å². The maximum Gasteiger partial charge on any atom is 0.300 e. The molecule has 1 aliphatic rings. The van der Waals surface area contributed by atoms with Gasteiger partial charge in [-0.3, -0.25) is 4.79 Å². The van der Waals surface area contributed by atoms with E-state index in [2.05, 4.69) is 56.7 Å². The lowest BCUT2D eigenvalue weighted by molar-refractivity contribution is -0.154. The Labute approximate surface area is 195 Å². The molecule has 3 unspecified atom stereocenters. The lowest BCUT2D eigenvalue weighted by Crippen LogP contribution is -2.62. The fraction of sp³-hybridized carbons (Fsp3) is 0.696. The van der Waals surface area contributed by atoms with Gasteiger partial charge in [0, 0.05) is 31.5 Å². The molecule has 176 valence electrons. The van der Waals surface area contributed by atoms with Gasteiger partial charge < -0.3 is 20.0 Å². The number of aliphatic hydroxyl groups is 1. The van der Waals surface area contributed by atoms with Crippen LogP contribution in [0.1, 0.15) is 59.4 Å². The predicted octanol–water partition coefficient (Wildman–Crippen LogP) is 4.66. The Hall–Kier alpha value is -0.850. The van der Waals surface area contributed by atoms with Crippen molar-refractivity contribution in [2.45, 2.75) is 65.5 Å². The highest BCUT2D eigenvalue weighted by molar-refractivity contribution is 5.85. The molecule has 1 aromatic carbocycles. The summed E-state index contributed by atoms with van der Waals surface area (Å²) in [7, 11) is 2.19. The maximum atomic E-state index is 11.9. The van der Waals surface area contributed by atoms with E-state index in [1.807, 2.05) is 18.2 Å². The summed E-state index contributed by atoms with van der Waals surface area (Å²) in [5, 5.41) is 19.3. The summed E-state index contributed by atoms with van der Waals surface area (Å²) in [5.41, 5.74) is 0.111. The number of piperidine rings is 1. The van der Waals surface area contributed by atoms with Crippen LogP contribution in [0.2, 0.25) is 0 Å². The molecule has 30 heavy (non-hydrogen) atoms. The molecule has 0 amide bonds. The summed E-state index contributed by atoms with van der Waals surface area (Å²) in [6.07, 6.45) is 3.11. The number of carbonyl (C=O) groups is 1. The minimum absolute atomic E-state index is 0. The van der Waals surface area contributed by atoms with Crippen LogP contribution in [0.15, 0.2) is 30.3 Å². The van der Waals surface area contributed by atoms with Gasteiger partial charge in [-0.15, -0.1) is 24.8 Å². The minimum atomic E-state index is -0.833. The van der Waals surface area contributed by atoms with Crippen molar-refractivity contribution >= 4 is 30.8 Å². The number of rotatable bonds is 7. The van der Waals surface area contributed by atoms with Gasteiger partial charge >= 0.3 is 0 Å². The zero-order chi connectivity index (χ0) is 21.4. The van der Waals surface area contributed by atoms with Gasteiger partial charge in [-0.2, -0.15) is 0 Å². The normalized spacial score (nSPS) is 26.1. The van der Waals surface area contributed by atoms with Crippen LogP contribution in [0.3, 0.4) is 0 Å². The quantitative estimate of drug-likeness (QED) is 0.613. The Kier molecular flexibility index (Phi) is 14.9. The molecule has 0 bridgehead atoms. The monoisotopic (exact) mass is 464 g/mol. The van der Waals surface area contributed by atoms with E-state index in [0.29, 0.717) is 6.04 Å².